The highest BCUT2D eigenvalue weighted by Crippen LogP contribution is 2.26. The molecule has 96 valence electrons. The van der Waals surface area contributed by atoms with Crippen molar-refractivity contribution in [1.82, 2.24) is 5.32 Å². The number of halogens is 3. The van der Waals surface area contributed by atoms with E-state index in [9.17, 15) is 18.0 Å². The van der Waals surface area contributed by atoms with Crippen LogP contribution in [-0.4, -0.2) is 25.8 Å². The normalized spacial score (nSPS) is 13.5. The fourth-order valence-electron chi connectivity index (χ4n) is 1.30. The van der Waals surface area contributed by atoms with Gasteiger partial charge in [-0.05, 0) is 23.9 Å². The van der Waals surface area contributed by atoms with Gasteiger partial charge >= 0.3 is 12.1 Å². The summed E-state index contributed by atoms with van der Waals surface area (Å²) in [5, 5.41) is 3.88. The third-order valence-electron chi connectivity index (χ3n) is 2.11. The summed E-state index contributed by atoms with van der Waals surface area (Å²) in [6, 6.07) is 0.673. The number of hydrogen-bond acceptors (Lipinski definition) is 4. The molecule has 3 nitrogen and oxygen atoms in total. The van der Waals surface area contributed by atoms with Gasteiger partial charge in [0.1, 0.15) is 6.04 Å². The van der Waals surface area contributed by atoms with Crippen molar-refractivity contribution in [3.63, 3.8) is 0 Å². The van der Waals surface area contributed by atoms with E-state index in [-0.39, 0.29) is 0 Å². The number of carbonyl (C=O) groups excluding carboxylic acids is 1. The lowest BCUT2D eigenvalue weighted by Gasteiger charge is -2.17. The quantitative estimate of drug-likeness (QED) is 0.851. The van der Waals surface area contributed by atoms with E-state index < -0.39 is 24.7 Å². The number of hydrogen-bond donors (Lipinski definition) is 1. The second-order valence-electron chi connectivity index (χ2n) is 3.42. The first-order valence-corrected chi connectivity index (χ1v) is 5.65. The molecule has 17 heavy (non-hydrogen) atoms. The smallest absolute Gasteiger partial charge is 0.401 e. The molecule has 0 aliphatic heterocycles. The number of ether oxygens (including phenoxy) is 1. The van der Waals surface area contributed by atoms with Crippen molar-refractivity contribution >= 4 is 17.3 Å². The summed E-state index contributed by atoms with van der Waals surface area (Å²) < 4.78 is 40.8. The molecule has 0 aliphatic rings. The molecule has 0 aliphatic carbocycles. The summed E-state index contributed by atoms with van der Waals surface area (Å²) >= 11 is 1.22. The SMILES string of the molecule is COC(=O)C(NCC(F)(F)F)c1sccc1C. The molecule has 0 aromatic carbocycles. The van der Waals surface area contributed by atoms with E-state index >= 15 is 0 Å². The van der Waals surface area contributed by atoms with Crippen molar-refractivity contribution < 1.29 is 22.7 Å². The lowest BCUT2D eigenvalue weighted by molar-refractivity contribution is -0.146. The molecule has 7 heteroatoms. The Bertz CT molecular complexity index is 389. The molecule has 1 heterocycles. The van der Waals surface area contributed by atoms with Crippen LogP contribution in [0.5, 0.6) is 0 Å². The van der Waals surface area contributed by atoms with E-state index in [1.165, 1.54) is 11.3 Å². The molecule has 0 spiro atoms. The Morgan fingerprint density at radius 2 is 2.24 bits per heavy atom. The first-order chi connectivity index (χ1) is 7.85. The van der Waals surface area contributed by atoms with E-state index in [2.05, 4.69) is 10.1 Å². The molecule has 1 aromatic heterocycles. The minimum absolute atomic E-state index is 0.543. The Labute approximate surface area is 101 Å². The van der Waals surface area contributed by atoms with Crippen LogP contribution >= 0.6 is 11.3 Å². The molecule has 1 N–H and O–H groups in total. The van der Waals surface area contributed by atoms with Crippen LogP contribution in [0.15, 0.2) is 11.4 Å². The summed E-state index contributed by atoms with van der Waals surface area (Å²) in [5.74, 6) is -0.722. The third-order valence-corrected chi connectivity index (χ3v) is 3.19. The van der Waals surface area contributed by atoms with Crippen LogP contribution in [0.1, 0.15) is 16.5 Å². The minimum atomic E-state index is -4.36. The van der Waals surface area contributed by atoms with Crippen LogP contribution in [0, 0.1) is 6.92 Å². The fourth-order valence-corrected chi connectivity index (χ4v) is 2.29. The van der Waals surface area contributed by atoms with Gasteiger partial charge in [0.05, 0.1) is 13.7 Å². The van der Waals surface area contributed by atoms with Crippen LogP contribution in [0.4, 0.5) is 13.2 Å². The average molecular weight is 267 g/mol. The van der Waals surface area contributed by atoms with E-state index in [4.69, 9.17) is 0 Å². The molecule has 1 aromatic rings. The summed E-state index contributed by atoms with van der Waals surface area (Å²) in [4.78, 5) is 12.0. The molecule has 0 bridgehead atoms. The highest BCUT2D eigenvalue weighted by molar-refractivity contribution is 7.10. The van der Waals surface area contributed by atoms with Gasteiger partial charge in [-0.25, -0.2) is 4.79 Å². The Morgan fingerprint density at radius 3 is 2.65 bits per heavy atom. The third kappa shape index (κ3) is 4.01. The Hall–Kier alpha value is -1.08. The molecule has 1 unspecified atom stereocenters. The summed E-state index contributed by atoms with van der Waals surface area (Å²) in [7, 11) is 1.15. The first-order valence-electron chi connectivity index (χ1n) is 4.77. The number of aryl methyl sites for hydroxylation is 1. The monoisotopic (exact) mass is 267 g/mol. The zero-order valence-corrected chi connectivity index (χ0v) is 10.1. The zero-order chi connectivity index (χ0) is 13.1. The van der Waals surface area contributed by atoms with Crippen molar-refractivity contribution in [2.45, 2.75) is 19.1 Å². The van der Waals surface area contributed by atoms with Gasteiger partial charge in [-0.3, -0.25) is 5.32 Å². The Kier molecular flexibility index (Phi) is 4.53. The minimum Gasteiger partial charge on any atom is -0.468 e. The van der Waals surface area contributed by atoms with Gasteiger partial charge in [-0.2, -0.15) is 13.2 Å². The maximum absolute atomic E-state index is 12.1. The van der Waals surface area contributed by atoms with Crippen LogP contribution in [0.25, 0.3) is 0 Å². The average Bonchev–Trinajstić information content (AvgIpc) is 2.63. The van der Waals surface area contributed by atoms with Gasteiger partial charge < -0.3 is 4.74 Å². The largest absolute Gasteiger partial charge is 0.468 e. The van der Waals surface area contributed by atoms with Gasteiger partial charge in [0.25, 0.3) is 0 Å². The fraction of sp³-hybridized carbons (Fsp3) is 0.500. The lowest BCUT2D eigenvalue weighted by Crippen LogP contribution is -2.36. The van der Waals surface area contributed by atoms with Crippen LogP contribution < -0.4 is 5.32 Å². The van der Waals surface area contributed by atoms with Crippen molar-refractivity contribution in [1.29, 1.82) is 0 Å². The molecule has 0 radical (unpaired) electrons. The number of thiophene rings is 1. The molecule has 1 atom stereocenters. The number of methoxy groups -OCH3 is 1. The number of nitrogens with one attached hydrogen (secondary N) is 1. The van der Waals surface area contributed by atoms with E-state index in [0.717, 1.165) is 12.7 Å². The second kappa shape index (κ2) is 5.50. The molecule has 0 amide bonds. The molecule has 0 saturated carbocycles. The van der Waals surface area contributed by atoms with Crippen molar-refractivity contribution in [2.24, 2.45) is 0 Å². The second-order valence-corrected chi connectivity index (χ2v) is 4.37. The number of carbonyl (C=O) groups is 1. The lowest BCUT2D eigenvalue weighted by atomic mass is 10.1. The van der Waals surface area contributed by atoms with Crippen LogP contribution in [0.2, 0.25) is 0 Å². The van der Waals surface area contributed by atoms with Gasteiger partial charge in [0.2, 0.25) is 0 Å². The van der Waals surface area contributed by atoms with Gasteiger partial charge in [-0.1, -0.05) is 0 Å². The van der Waals surface area contributed by atoms with Gasteiger partial charge in [0, 0.05) is 4.88 Å². The number of rotatable bonds is 4. The highest BCUT2D eigenvalue weighted by Gasteiger charge is 2.32. The standard InChI is InChI=1S/C10H12F3NO2S/c1-6-3-4-17-8(6)7(9(15)16-2)14-5-10(11,12)13/h3-4,7,14H,5H2,1-2H3. The first kappa shape index (κ1) is 14.0. The summed E-state index contributed by atoms with van der Waals surface area (Å²) in [5.41, 5.74) is 0.764. The molecule has 0 saturated heterocycles. The molecular weight excluding hydrogens is 255 g/mol. The highest BCUT2D eigenvalue weighted by atomic mass is 32.1. The number of esters is 1. The predicted molar refractivity (Wildman–Crippen MR) is 57.9 cm³/mol. The van der Waals surface area contributed by atoms with Gasteiger partial charge in [0.15, 0.2) is 0 Å². The summed E-state index contributed by atoms with van der Waals surface area (Å²) in [6.07, 6.45) is -4.36. The predicted octanol–water partition coefficient (Wildman–Crippen LogP) is 2.42. The Morgan fingerprint density at radius 1 is 1.59 bits per heavy atom. The van der Waals surface area contributed by atoms with E-state index in [0.29, 0.717) is 4.88 Å². The maximum Gasteiger partial charge on any atom is 0.401 e. The zero-order valence-electron chi connectivity index (χ0n) is 9.30. The van der Waals surface area contributed by atoms with E-state index in [1.807, 2.05) is 0 Å². The van der Waals surface area contributed by atoms with Crippen molar-refractivity contribution in [3.05, 3.63) is 21.9 Å². The van der Waals surface area contributed by atoms with Crippen molar-refractivity contribution in [3.8, 4) is 0 Å². The maximum atomic E-state index is 12.1. The topological polar surface area (TPSA) is 38.3 Å². The van der Waals surface area contributed by atoms with Gasteiger partial charge in [-0.15, -0.1) is 11.3 Å². The number of alkyl halides is 3. The molecular formula is C10H12F3NO2S. The van der Waals surface area contributed by atoms with Crippen LogP contribution in [-0.2, 0) is 9.53 Å². The Balaban J connectivity index is 2.83. The summed E-state index contributed by atoms with van der Waals surface area (Å²) in [6.45, 7) is 0.501. The van der Waals surface area contributed by atoms with Crippen LogP contribution in [0.3, 0.4) is 0 Å². The molecule has 0 fully saturated rings. The molecule has 1 rings (SSSR count). The van der Waals surface area contributed by atoms with E-state index in [1.54, 1.807) is 18.4 Å². The van der Waals surface area contributed by atoms with Crippen molar-refractivity contribution in [2.75, 3.05) is 13.7 Å².